The van der Waals surface area contributed by atoms with E-state index in [0.717, 1.165) is 96.3 Å². The number of carbonyl (C=O) groups excluding carboxylic acids is 4. The zero-order valence-electron chi connectivity index (χ0n) is 58.4. The molecule has 0 aliphatic rings. The first-order chi connectivity index (χ1) is 43.4. The summed E-state index contributed by atoms with van der Waals surface area (Å²) in [5.41, 5.74) is 0. The number of carbonyl (C=O) groups is 4. The van der Waals surface area contributed by atoms with Gasteiger partial charge in [-0.15, -0.1) is 0 Å². The third kappa shape index (κ3) is 64.8. The van der Waals surface area contributed by atoms with E-state index in [1.807, 2.05) is 0 Å². The molecule has 0 aromatic carbocycles. The fourth-order valence-electron chi connectivity index (χ4n) is 10.8. The van der Waals surface area contributed by atoms with Gasteiger partial charge in [0.05, 0.1) is 26.4 Å². The van der Waals surface area contributed by atoms with Crippen LogP contribution in [0.2, 0.25) is 0 Å². The van der Waals surface area contributed by atoms with Crippen LogP contribution in [0.5, 0.6) is 0 Å². The molecule has 0 bridgehead atoms. The summed E-state index contributed by atoms with van der Waals surface area (Å²) < 4.78 is 68.1. The molecule has 0 aliphatic carbocycles. The molecule has 90 heavy (non-hydrogen) atoms. The maximum atomic E-state index is 13.0. The fraction of sp³-hybridized carbons (Fsp3) is 0.944. The van der Waals surface area contributed by atoms with Gasteiger partial charge < -0.3 is 33.8 Å². The Hall–Kier alpha value is -1.94. The molecule has 0 fully saturated rings. The minimum atomic E-state index is -4.95. The van der Waals surface area contributed by atoms with E-state index in [1.165, 1.54) is 173 Å². The summed E-state index contributed by atoms with van der Waals surface area (Å²) in [7, 11) is -9.89. The van der Waals surface area contributed by atoms with Crippen LogP contribution in [0, 0.1) is 11.8 Å². The van der Waals surface area contributed by atoms with Crippen LogP contribution < -0.4 is 0 Å². The molecule has 17 nitrogen and oxygen atoms in total. The van der Waals surface area contributed by atoms with Crippen LogP contribution in [0.15, 0.2) is 0 Å². The van der Waals surface area contributed by atoms with E-state index in [4.69, 9.17) is 37.0 Å². The summed E-state index contributed by atoms with van der Waals surface area (Å²) in [5.74, 6) is -0.758. The Morgan fingerprint density at radius 3 is 0.756 bits per heavy atom. The fourth-order valence-corrected chi connectivity index (χ4v) is 12.3. The number of phosphoric acid groups is 2. The standard InChI is InChI=1S/C71H138O17P2/c1-7-9-11-13-15-17-18-19-20-21-22-23-24-25-26-27-28-29-31-35-43-49-55-70(75)87-66(59-82-69(74)54-48-42-36-32-33-39-45-51-63(3)4)61-85-89(77,78)83-57-65(72)58-84-90(79,80)86-62-67(88-71(76)56-50-44-38-37-40-46-52-64(5)6)60-81-68(73)53-47-41-34-30-16-14-12-10-8-2/h63-67,72H,7-62H2,1-6H3,(H,77,78)(H,79,80)/t65-,66-,67-/m1/s1. The average Bonchev–Trinajstić information content (AvgIpc) is 3.69. The van der Waals surface area contributed by atoms with Gasteiger partial charge in [0.2, 0.25) is 0 Å². The van der Waals surface area contributed by atoms with E-state index in [2.05, 4.69) is 41.5 Å². The van der Waals surface area contributed by atoms with E-state index in [1.54, 1.807) is 0 Å². The lowest BCUT2D eigenvalue weighted by atomic mass is 10.0. The molecule has 534 valence electrons. The van der Waals surface area contributed by atoms with Crippen molar-refractivity contribution >= 4 is 39.5 Å². The highest BCUT2D eigenvalue weighted by molar-refractivity contribution is 7.47. The van der Waals surface area contributed by atoms with E-state index in [0.29, 0.717) is 37.5 Å². The van der Waals surface area contributed by atoms with Crippen LogP contribution in [0.3, 0.4) is 0 Å². The first kappa shape index (κ1) is 88.1. The van der Waals surface area contributed by atoms with Gasteiger partial charge in [0.25, 0.3) is 0 Å². The summed E-state index contributed by atoms with van der Waals surface area (Å²) in [6.45, 7) is 9.38. The number of phosphoric ester groups is 2. The largest absolute Gasteiger partial charge is 0.472 e. The Balaban J connectivity index is 5.11. The SMILES string of the molecule is CCCCCCCCCCCCCCCCCCCCCCCCC(=O)O[C@H](COC(=O)CCCCCCCCCC(C)C)COP(=O)(O)OC[C@@H](O)COP(=O)(O)OC[C@@H](COC(=O)CCCCCCCCCCC)OC(=O)CCCCCCCCC(C)C. The molecule has 0 radical (unpaired) electrons. The number of aliphatic hydroxyl groups excluding tert-OH is 1. The van der Waals surface area contributed by atoms with E-state index in [-0.39, 0.29) is 25.7 Å². The number of hydrogen-bond acceptors (Lipinski definition) is 15. The van der Waals surface area contributed by atoms with Gasteiger partial charge >= 0.3 is 39.5 Å². The van der Waals surface area contributed by atoms with Crippen LogP contribution in [-0.4, -0.2) is 96.7 Å². The van der Waals surface area contributed by atoms with Gasteiger partial charge in [-0.3, -0.25) is 37.3 Å². The molecule has 0 aliphatic heterocycles. The molecule has 5 atom stereocenters. The molecule has 0 heterocycles. The molecule has 3 N–H and O–H groups in total. The molecular formula is C71H138O17P2. The minimum absolute atomic E-state index is 0.102. The number of aliphatic hydroxyl groups is 1. The van der Waals surface area contributed by atoms with Gasteiger partial charge in [-0.05, 0) is 37.5 Å². The van der Waals surface area contributed by atoms with Crippen LogP contribution in [0.1, 0.15) is 363 Å². The van der Waals surface area contributed by atoms with E-state index in [9.17, 15) is 43.2 Å². The van der Waals surface area contributed by atoms with Gasteiger partial charge in [-0.25, -0.2) is 9.13 Å². The van der Waals surface area contributed by atoms with Crippen molar-refractivity contribution in [3.63, 3.8) is 0 Å². The van der Waals surface area contributed by atoms with Crippen LogP contribution >= 0.6 is 15.6 Å². The molecule has 0 aromatic heterocycles. The third-order valence-electron chi connectivity index (χ3n) is 16.5. The van der Waals surface area contributed by atoms with Gasteiger partial charge in [-0.1, -0.05) is 311 Å². The number of esters is 4. The second-order valence-electron chi connectivity index (χ2n) is 26.6. The van der Waals surface area contributed by atoms with Crippen LogP contribution in [0.4, 0.5) is 0 Å². The Labute approximate surface area is 549 Å². The molecule has 2 unspecified atom stereocenters. The van der Waals surface area contributed by atoms with E-state index >= 15 is 0 Å². The first-order valence-electron chi connectivity index (χ1n) is 37.0. The monoisotopic (exact) mass is 1320 g/mol. The lowest BCUT2D eigenvalue weighted by molar-refractivity contribution is -0.161. The molecule has 0 saturated heterocycles. The van der Waals surface area contributed by atoms with Gasteiger partial charge in [0.1, 0.15) is 19.3 Å². The van der Waals surface area contributed by atoms with Gasteiger partial charge in [0, 0.05) is 25.7 Å². The van der Waals surface area contributed by atoms with Crippen molar-refractivity contribution in [2.24, 2.45) is 11.8 Å². The molecule has 0 spiro atoms. The molecule has 0 rings (SSSR count). The molecule has 0 saturated carbocycles. The Morgan fingerprint density at radius 1 is 0.300 bits per heavy atom. The molecule has 0 amide bonds. The highest BCUT2D eigenvalue weighted by atomic mass is 31.2. The second-order valence-corrected chi connectivity index (χ2v) is 29.5. The van der Waals surface area contributed by atoms with Crippen molar-refractivity contribution in [1.82, 2.24) is 0 Å². The van der Waals surface area contributed by atoms with E-state index < -0.39 is 97.5 Å². The Kier molecular flexibility index (Phi) is 61.8. The maximum Gasteiger partial charge on any atom is 0.472 e. The quantitative estimate of drug-likeness (QED) is 0.0222. The number of ether oxygens (including phenoxy) is 4. The maximum absolute atomic E-state index is 13.0. The topological polar surface area (TPSA) is 237 Å². The van der Waals surface area contributed by atoms with Crippen molar-refractivity contribution in [3.8, 4) is 0 Å². The number of rotatable bonds is 70. The van der Waals surface area contributed by atoms with Gasteiger partial charge in [-0.2, -0.15) is 0 Å². The summed E-state index contributed by atoms with van der Waals surface area (Å²) in [4.78, 5) is 72.4. The molecular weight excluding hydrogens is 1190 g/mol. The number of unbranched alkanes of at least 4 members (excludes halogenated alkanes) is 40. The lowest BCUT2D eigenvalue weighted by Crippen LogP contribution is -2.30. The average molecular weight is 1330 g/mol. The van der Waals surface area contributed by atoms with Crippen molar-refractivity contribution in [2.45, 2.75) is 381 Å². The smallest absolute Gasteiger partial charge is 0.462 e. The molecule has 19 heteroatoms. The normalized spacial score (nSPS) is 14.1. The highest BCUT2D eigenvalue weighted by Crippen LogP contribution is 2.45. The zero-order chi connectivity index (χ0) is 66.5. The Morgan fingerprint density at radius 2 is 0.511 bits per heavy atom. The predicted octanol–water partition coefficient (Wildman–Crippen LogP) is 20.4. The summed E-state index contributed by atoms with van der Waals surface area (Å²) >= 11 is 0. The summed E-state index contributed by atoms with van der Waals surface area (Å²) in [5, 5.41) is 10.6. The molecule has 0 aromatic rings. The second kappa shape index (κ2) is 63.1. The van der Waals surface area contributed by atoms with Crippen LogP contribution in [-0.2, 0) is 65.4 Å². The Bertz CT molecular complexity index is 1750. The van der Waals surface area contributed by atoms with Crippen molar-refractivity contribution in [3.05, 3.63) is 0 Å². The third-order valence-corrected chi connectivity index (χ3v) is 18.4. The lowest BCUT2D eigenvalue weighted by Gasteiger charge is -2.21. The van der Waals surface area contributed by atoms with Crippen molar-refractivity contribution in [1.29, 1.82) is 0 Å². The zero-order valence-corrected chi connectivity index (χ0v) is 60.2. The summed E-state index contributed by atoms with van der Waals surface area (Å²) in [6, 6.07) is 0. The van der Waals surface area contributed by atoms with Gasteiger partial charge in [0.15, 0.2) is 12.2 Å². The number of hydrogen-bond donors (Lipinski definition) is 3. The van der Waals surface area contributed by atoms with Crippen molar-refractivity contribution in [2.75, 3.05) is 39.6 Å². The highest BCUT2D eigenvalue weighted by Gasteiger charge is 2.30. The van der Waals surface area contributed by atoms with Crippen LogP contribution in [0.25, 0.3) is 0 Å². The minimum Gasteiger partial charge on any atom is -0.462 e. The van der Waals surface area contributed by atoms with Crippen molar-refractivity contribution < 1.29 is 80.2 Å². The first-order valence-corrected chi connectivity index (χ1v) is 40.0. The predicted molar refractivity (Wildman–Crippen MR) is 363 cm³/mol. The summed E-state index contributed by atoms with van der Waals surface area (Å²) in [6.07, 6.45) is 49.1.